The quantitative estimate of drug-likeness (QED) is 0.609. The summed E-state index contributed by atoms with van der Waals surface area (Å²) in [6, 6.07) is 7.29. The molecule has 0 spiro atoms. The smallest absolute Gasteiger partial charge is 0.246 e. The number of amides is 1. The number of nitrogens with one attached hydrogen (secondary N) is 1. The van der Waals surface area contributed by atoms with Crippen molar-refractivity contribution in [2.24, 2.45) is 0 Å². The number of halogens is 2. The monoisotopic (exact) mass is 484 g/mol. The topological polar surface area (TPSA) is 84.3 Å². The Hall–Kier alpha value is -1.87. The average molecular weight is 485 g/mol. The molecule has 1 atom stereocenters. The number of benzene rings is 1. The highest BCUT2D eigenvalue weighted by atomic mass is 35.5. The minimum Gasteiger partial charge on any atom is -0.335 e. The van der Waals surface area contributed by atoms with Crippen LogP contribution < -0.4 is 4.72 Å². The van der Waals surface area contributed by atoms with Gasteiger partial charge in [-0.15, -0.1) is 0 Å². The van der Waals surface area contributed by atoms with E-state index in [0.717, 1.165) is 36.8 Å². The number of hydrogen-bond acceptors (Lipinski definition) is 4. The molecule has 0 aliphatic carbocycles. The van der Waals surface area contributed by atoms with Crippen molar-refractivity contribution >= 4 is 45.2 Å². The summed E-state index contributed by atoms with van der Waals surface area (Å²) in [5, 5.41) is 5.60. The Labute approximate surface area is 193 Å². The van der Waals surface area contributed by atoms with Gasteiger partial charge in [-0.25, -0.2) is 17.8 Å². The van der Waals surface area contributed by atoms with Gasteiger partial charge in [0.15, 0.2) is 0 Å². The van der Waals surface area contributed by atoms with E-state index < -0.39 is 10.0 Å². The molecule has 0 radical (unpaired) electrons. The molecule has 1 aromatic heterocycles. The number of carbonyl (C=O) groups excluding carboxylic acids is 1. The second-order valence-electron chi connectivity index (χ2n) is 7.71. The summed E-state index contributed by atoms with van der Waals surface area (Å²) >= 11 is 12.5. The van der Waals surface area contributed by atoms with E-state index in [1.165, 1.54) is 6.08 Å². The largest absolute Gasteiger partial charge is 0.335 e. The zero-order valence-electron chi connectivity index (χ0n) is 17.5. The summed E-state index contributed by atoms with van der Waals surface area (Å²) in [6.45, 7) is 3.15. The van der Waals surface area contributed by atoms with E-state index in [1.807, 2.05) is 31.2 Å². The number of aryl methyl sites for hydroxylation is 1. The van der Waals surface area contributed by atoms with E-state index in [2.05, 4.69) is 9.82 Å². The summed E-state index contributed by atoms with van der Waals surface area (Å²) in [5.41, 5.74) is 2.42. The van der Waals surface area contributed by atoms with E-state index >= 15 is 0 Å². The molecular formula is C21H26Cl2N4O3S. The zero-order valence-corrected chi connectivity index (χ0v) is 19.8. The molecule has 1 fully saturated rings. The zero-order chi connectivity index (χ0) is 22.6. The first-order valence-corrected chi connectivity index (χ1v) is 12.7. The Morgan fingerprint density at radius 1 is 1.26 bits per heavy atom. The fourth-order valence-electron chi connectivity index (χ4n) is 3.62. The van der Waals surface area contributed by atoms with Crippen LogP contribution in [0.1, 0.15) is 36.1 Å². The highest BCUT2D eigenvalue weighted by molar-refractivity contribution is 7.88. The molecule has 1 aromatic carbocycles. The van der Waals surface area contributed by atoms with Crippen molar-refractivity contribution in [1.29, 1.82) is 0 Å². The van der Waals surface area contributed by atoms with Crippen molar-refractivity contribution in [1.82, 2.24) is 19.4 Å². The van der Waals surface area contributed by atoms with E-state index in [0.29, 0.717) is 28.8 Å². The Bertz CT molecular complexity index is 1070. The van der Waals surface area contributed by atoms with Gasteiger partial charge >= 0.3 is 0 Å². The Balaban J connectivity index is 1.72. The average Bonchev–Trinajstić information content (AvgIpc) is 2.98. The first-order chi connectivity index (χ1) is 14.6. The maximum Gasteiger partial charge on any atom is 0.246 e. The van der Waals surface area contributed by atoms with Gasteiger partial charge in [0, 0.05) is 35.8 Å². The Kier molecular flexibility index (Phi) is 7.80. The van der Waals surface area contributed by atoms with Crippen molar-refractivity contribution in [2.45, 2.75) is 38.8 Å². The number of sulfonamides is 1. The van der Waals surface area contributed by atoms with Crippen LogP contribution in [0.15, 0.2) is 30.3 Å². The molecule has 7 nitrogen and oxygen atoms in total. The number of nitrogens with zero attached hydrogens (tertiary/aromatic N) is 3. The van der Waals surface area contributed by atoms with Gasteiger partial charge in [-0.3, -0.25) is 4.79 Å². The number of aromatic nitrogens is 2. The van der Waals surface area contributed by atoms with Gasteiger partial charge in [0.25, 0.3) is 0 Å². The lowest BCUT2D eigenvalue weighted by atomic mass is 10.0. The first kappa shape index (κ1) is 23.8. The van der Waals surface area contributed by atoms with E-state index in [1.54, 1.807) is 15.7 Å². The number of likely N-dealkylation sites (tertiary alicyclic amines) is 1. The van der Waals surface area contributed by atoms with Crippen molar-refractivity contribution < 1.29 is 13.2 Å². The lowest BCUT2D eigenvalue weighted by molar-refractivity contribution is -0.129. The van der Waals surface area contributed by atoms with Gasteiger partial charge in [-0.1, -0.05) is 35.3 Å². The predicted octanol–water partition coefficient (Wildman–Crippen LogP) is 3.49. The van der Waals surface area contributed by atoms with Crippen molar-refractivity contribution in [3.8, 4) is 0 Å². The Morgan fingerprint density at radius 3 is 2.65 bits per heavy atom. The molecule has 1 aliphatic rings. The lowest BCUT2D eigenvalue weighted by Crippen LogP contribution is -2.48. The van der Waals surface area contributed by atoms with Gasteiger partial charge < -0.3 is 4.90 Å². The van der Waals surface area contributed by atoms with Crippen molar-refractivity contribution in [3.63, 3.8) is 0 Å². The minimum absolute atomic E-state index is 0.162. The molecule has 1 N–H and O–H groups in total. The van der Waals surface area contributed by atoms with Gasteiger partial charge in [0.05, 0.1) is 18.5 Å². The van der Waals surface area contributed by atoms with Crippen LogP contribution in [0.2, 0.25) is 10.2 Å². The van der Waals surface area contributed by atoms with Gasteiger partial charge in [0.1, 0.15) is 5.15 Å². The van der Waals surface area contributed by atoms with Crippen LogP contribution in [0, 0.1) is 6.92 Å². The molecule has 2 heterocycles. The summed E-state index contributed by atoms with van der Waals surface area (Å²) in [4.78, 5) is 14.6. The molecule has 3 rings (SSSR count). The summed E-state index contributed by atoms with van der Waals surface area (Å²) in [6.07, 6.45) is 6.91. The lowest BCUT2D eigenvalue weighted by Gasteiger charge is -2.35. The predicted molar refractivity (Wildman–Crippen MR) is 124 cm³/mol. The molecule has 10 heteroatoms. The Morgan fingerprint density at radius 2 is 1.97 bits per heavy atom. The highest BCUT2D eigenvalue weighted by Gasteiger charge is 2.26. The third-order valence-corrected chi connectivity index (χ3v) is 6.58. The fourth-order valence-corrected chi connectivity index (χ4v) is 4.54. The molecule has 168 valence electrons. The standard InChI is InChI=1S/C21H26Cl2N4O3S/c1-15-19(21(23)27(25-15)14-16-6-8-17(22)9-7-16)10-11-20(28)26-12-4-3-5-18(26)13-24-31(2,29)30/h6-11,18,24H,3-5,12-14H2,1-2H3/b11-10+. The SMILES string of the molecule is Cc1nn(Cc2ccc(Cl)cc2)c(Cl)c1/C=C/C(=O)N1CCCCC1CNS(C)(=O)=O. The maximum absolute atomic E-state index is 12.8. The normalized spacial score (nSPS) is 17.4. The molecular weight excluding hydrogens is 459 g/mol. The molecule has 0 saturated carbocycles. The van der Waals surface area contributed by atoms with Crippen LogP contribution in [0.5, 0.6) is 0 Å². The first-order valence-electron chi connectivity index (χ1n) is 10.0. The summed E-state index contributed by atoms with van der Waals surface area (Å²) in [5.74, 6) is -0.166. The highest BCUT2D eigenvalue weighted by Crippen LogP contribution is 2.24. The van der Waals surface area contributed by atoms with Crippen LogP contribution in [0.4, 0.5) is 0 Å². The second-order valence-corrected chi connectivity index (χ2v) is 10.3. The van der Waals surface area contributed by atoms with E-state index in [-0.39, 0.29) is 18.5 Å². The van der Waals surface area contributed by atoms with Crippen molar-refractivity contribution in [3.05, 3.63) is 57.3 Å². The van der Waals surface area contributed by atoms with Crippen LogP contribution >= 0.6 is 23.2 Å². The van der Waals surface area contributed by atoms with E-state index in [4.69, 9.17) is 23.2 Å². The van der Waals surface area contributed by atoms with Crippen LogP contribution in [0.3, 0.4) is 0 Å². The number of carbonyl (C=O) groups is 1. The maximum atomic E-state index is 12.8. The summed E-state index contributed by atoms with van der Waals surface area (Å²) < 4.78 is 27.0. The fraction of sp³-hybridized carbons (Fsp3) is 0.429. The molecule has 1 amide bonds. The number of hydrogen-bond donors (Lipinski definition) is 1. The van der Waals surface area contributed by atoms with Gasteiger partial charge in [0.2, 0.25) is 15.9 Å². The van der Waals surface area contributed by atoms with Crippen LogP contribution in [0.25, 0.3) is 6.08 Å². The molecule has 1 unspecified atom stereocenters. The molecule has 31 heavy (non-hydrogen) atoms. The molecule has 0 bridgehead atoms. The second kappa shape index (κ2) is 10.2. The van der Waals surface area contributed by atoms with Crippen LogP contribution in [-0.2, 0) is 21.4 Å². The minimum atomic E-state index is -3.31. The molecule has 1 saturated heterocycles. The van der Waals surface area contributed by atoms with Gasteiger partial charge in [-0.2, -0.15) is 5.10 Å². The summed E-state index contributed by atoms with van der Waals surface area (Å²) in [7, 11) is -3.31. The third kappa shape index (κ3) is 6.55. The number of piperidine rings is 1. The molecule has 2 aromatic rings. The van der Waals surface area contributed by atoms with Crippen molar-refractivity contribution in [2.75, 3.05) is 19.3 Å². The third-order valence-electron chi connectivity index (χ3n) is 5.24. The number of rotatable bonds is 7. The van der Waals surface area contributed by atoms with Gasteiger partial charge in [-0.05, 0) is 50.0 Å². The van der Waals surface area contributed by atoms with Crippen LogP contribution in [-0.4, -0.2) is 54.4 Å². The van der Waals surface area contributed by atoms with E-state index in [9.17, 15) is 13.2 Å². The molecule has 1 aliphatic heterocycles.